The second kappa shape index (κ2) is 7.26. The van der Waals surface area contributed by atoms with E-state index < -0.39 is 0 Å². The van der Waals surface area contributed by atoms with Crippen molar-refractivity contribution in [3.8, 4) is 0 Å². The highest BCUT2D eigenvalue weighted by Gasteiger charge is 2.43. The van der Waals surface area contributed by atoms with Gasteiger partial charge in [0.15, 0.2) is 0 Å². The summed E-state index contributed by atoms with van der Waals surface area (Å²) in [6, 6.07) is 0. The fraction of sp³-hybridized carbons (Fsp3) is 1.00. The topological polar surface area (TPSA) is 46.2 Å². The molecule has 0 aromatic heterocycles. The first-order valence-electron chi connectivity index (χ1n) is 8.97. The number of rotatable bonds is 4. The SMILES string of the molecule is CC(C)C1CCC(CN)(C(O)C2CCCCCC2)CC1. The Morgan fingerprint density at radius 1 is 0.950 bits per heavy atom. The van der Waals surface area contributed by atoms with Crippen LogP contribution in [-0.2, 0) is 0 Å². The van der Waals surface area contributed by atoms with Crippen LogP contribution in [-0.4, -0.2) is 17.8 Å². The molecule has 2 nitrogen and oxygen atoms in total. The molecule has 0 aliphatic heterocycles. The lowest BCUT2D eigenvalue weighted by molar-refractivity contribution is -0.0515. The molecule has 2 aliphatic carbocycles. The average molecular weight is 281 g/mol. The molecule has 2 aliphatic rings. The van der Waals surface area contributed by atoms with E-state index in [-0.39, 0.29) is 11.5 Å². The first-order valence-corrected chi connectivity index (χ1v) is 8.97. The Morgan fingerprint density at radius 3 is 1.95 bits per heavy atom. The van der Waals surface area contributed by atoms with E-state index in [1.165, 1.54) is 51.4 Å². The summed E-state index contributed by atoms with van der Waals surface area (Å²) in [6.45, 7) is 5.35. The molecule has 2 rings (SSSR count). The van der Waals surface area contributed by atoms with Crippen LogP contribution in [0.4, 0.5) is 0 Å². The van der Waals surface area contributed by atoms with Crippen LogP contribution >= 0.6 is 0 Å². The van der Waals surface area contributed by atoms with Crippen LogP contribution in [0.25, 0.3) is 0 Å². The van der Waals surface area contributed by atoms with E-state index in [9.17, 15) is 5.11 Å². The van der Waals surface area contributed by atoms with Gasteiger partial charge in [0.1, 0.15) is 0 Å². The number of aliphatic hydroxyl groups excluding tert-OH is 1. The molecule has 2 fully saturated rings. The van der Waals surface area contributed by atoms with Crippen LogP contribution in [0.2, 0.25) is 0 Å². The molecule has 3 N–H and O–H groups in total. The van der Waals surface area contributed by atoms with E-state index in [1.807, 2.05) is 0 Å². The predicted octanol–water partition coefficient (Wildman–Crippen LogP) is 4.11. The highest BCUT2D eigenvalue weighted by molar-refractivity contribution is 4.95. The second-order valence-corrected chi connectivity index (χ2v) is 7.84. The zero-order valence-corrected chi connectivity index (χ0v) is 13.6. The van der Waals surface area contributed by atoms with E-state index in [0.29, 0.717) is 12.5 Å². The number of aliphatic hydroxyl groups is 1. The van der Waals surface area contributed by atoms with Gasteiger partial charge in [-0.25, -0.2) is 0 Å². The van der Waals surface area contributed by atoms with Crippen LogP contribution < -0.4 is 5.73 Å². The maximum atomic E-state index is 11.0. The van der Waals surface area contributed by atoms with Crippen molar-refractivity contribution in [3.63, 3.8) is 0 Å². The molecule has 2 saturated carbocycles. The smallest absolute Gasteiger partial charge is 0.0636 e. The summed E-state index contributed by atoms with van der Waals surface area (Å²) < 4.78 is 0. The monoisotopic (exact) mass is 281 g/mol. The molecule has 0 bridgehead atoms. The van der Waals surface area contributed by atoms with Crippen molar-refractivity contribution in [2.24, 2.45) is 28.9 Å². The van der Waals surface area contributed by atoms with E-state index in [4.69, 9.17) is 5.73 Å². The lowest BCUT2D eigenvalue weighted by Crippen LogP contribution is -2.48. The molecule has 0 saturated heterocycles. The molecule has 2 heteroatoms. The molecule has 0 heterocycles. The fourth-order valence-electron chi connectivity index (χ4n) is 4.63. The summed E-state index contributed by atoms with van der Waals surface area (Å²) in [5.74, 6) is 2.13. The van der Waals surface area contributed by atoms with Gasteiger partial charge < -0.3 is 10.8 Å². The summed E-state index contributed by atoms with van der Waals surface area (Å²) in [7, 11) is 0. The Bertz CT molecular complexity index is 273. The van der Waals surface area contributed by atoms with E-state index in [1.54, 1.807) is 0 Å². The third-order valence-corrected chi connectivity index (χ3v) is 6.35. The van der Waals surface area contributed by atoms with Crippen molar-refractivity contribution in [1.29, 1.82) is 0 Å². The maximum absolute atomic E-state index is 11.0. The summed E-state index contributed by atoms with van der Waals surface area (Å²) >= 11 is 0. The van der Waals surface area contributed by atoms with Crippen LogP contribution in [0.1, 0.15) is 78.1 Å². The summed E-state index contributed by atoms with van der Waals surface area (Å²) in [5.41, 5.74) is 6.17. The molecule has 0 radical (unpaired) electrons. The largest absolute Gasteiger partial charge is 0.392 e. The van der Waals surface area contributed by atoms with Gasteiger partial charge in [0, 0.05) is 12.0 Å². The number of hydrogen-bond donors (Lipinski definition) is 2. The zero-order chi connectivity index (χ0) is 14.6. The van der Waals surface area contributed by atoms with Crippen LogP contribution in [0.3, 0.4) is 0 Å². The third kappa shape index (κ3) is 3.57. The van der Waals surface area contributed by atoms with Gasteiger partial charge in [-0.1, -0.05) is 39.5 Å². The van der Waals surface area contributed by atoms with Gasteiger partial charge in [0.25, 0.3) is 0 Å². The lowest BCUT2D eigenvalue weighted by atomic mass is 9.62. The van der Waals surface area contributed by atoms with Gasteiger partial charge in [0.2, 0.25) is 0 Å². The van der Waals surface area contributed by atoms with Crippen LogP contribution in [0.5, 0.6) is 0 Å². The lowest BCUT2D eigenvalue weighted by Gasteiger charge is -2.46. The molecule has 0 aromatic carbocycles. The molecule has 1 unspecified atom stereocenters. The van der Waals surface area contributed by atoms with Crippen molar-refractivity contribution in [2.75, 3.05) is 6.54 Å². The minimum Gasteiger partial charge on any atom is -0.392 e. The first kappa shape index (κ1) is 16.3. The molecule has 0 amide bonds. The van der Waals surface area contributed by atoms with E-state index >= 15 is 0 Å². The Morgan fingerprint density at radius 2 is 1.50 bits per heavy atom. The molecule has 0 spiro atoms. The molecule has 118 valence electrons. The zero-order valence-electron chi connectivity index (χ0n) is 13.6. The molecule has 20 heavy (non-hydrogen) atoms. The molecule has 0 aromatic rings. The Labute approximate surface area is 125 Å². The van der Waals surface area contributed by atoms with Gasteiger partial charge in [-0.2, -0.15) is 0 Å². The van der Waals surface area contributed by atoms with Gasteiger partial charge in [-0.05, 0) is 56.3 Å². The minimum absolute atomic E-state index is 0.0282. The van der Waals surface area contributed by atoms with E-state index in [0.717, 1.165) is 24.7 Å². The summed E-state index contributed by atoms with van der Waals surface area (Å²) in [4.78, 5) is 0. The second-order valence-electron chi connectivity index (χ2n) is 7.84. The first-order chi connectivity index (χ1) is 9.59. The van der Waals surface area contributed by atoms with Crippen molar-refractivity contribution in [1.82, 2.24) is 0 Å². The average Bonchev–Trinajstić information content (AvgIpc) is 2.75. The maximum Gasteiger partial charge on any atom is 0.0636 e. The van der Waals surface area contributed by atoms with E-state index in [2.05, 4.69) is 13.8 Å². The van der Waals surface area contributed by atoms with Gasteiger partial charge in [-0.15, -0.1) is 0 Å². The van der Waals surface area contributed by atoms with Gasteiger partial charge >= 0.3 is 0 Å². The Kier molecular flexibility index (Phi) is 5.92. The van der Waals surface area contributed by atoms with Gasteiger partial charge in [0.05, 0.1) is 6.10 Å². The highest BCUT2D eigenvalue weighted by atomic mass is 16.3. The van der Waals surface area contributed by atoms with Crippen molar-refractivity contribution < 1.29 is 5.11 Å². The molecular formula is C18H35NO. The minimum atomic E-state index is -0.154. The predicted molar refractivity (Wildman–Crippen MR) is 85.5 cm³/mol. The fourth-order valence-corrected chi connectivity index (χ4v) is 4.63. The standard InChI is InChI=1S/C18H35NO/c1-14(2)15-9-11-18(13-19,12-10-15)17(20)16-7-5-3-4-6-8-16/h14-17,20H,3-13,19H2,1-2H3. The van der Waals surface area contributed by atoms with Crippen molar-refractivity contribution in [2.45, 2.75) is 84.2 Å². The Hall–Kier alpha value is -0.0800. The van der Waals surface area contributed by atoms with Crippen molar-refractivity contribution in [3.05, 3.63) is 0 Å². The quantitative estimate of drug-likeness (QED) is 0.762. The summed E-state index contributed by atoms with van der Waals surface area (Å²) in [5, 5.41) is 11.0. The third-order valence-electron chi connectivity index (χ3n) is 6.35. The van der Waals surface area contributed by atoms with Crippen LogP contribution in [0, 0.1) is 23.2 Å². The molecule has 1 atom stereocenters. The summed E-state index contributed by atoms with van der Waals surface area (Å²) in [6.07, 6.45) is 12.4. The number of hydrogen-bond acceptors (Lipinski definition) is 2. The Balaban J connectivity index is 1.99. The molecular weight excluding hydrogens is 246 g/mol. The van der Waals surface area contributed by atoms with Crippen molar-refractivity contribution >= 4 is 0 Å². The van der Waals surface area contributed by atoms with Gasteiger partial charge in [-0.3, -0.25) is 0 Å². The van der Waals surface area contributed by atoms with Crippen LogP contribution in [0.15, 0.2) is 0 Å². The highest BCUT2D eigenvalue weighted by Crippen LogP contribution is 2.46. The number of nitrogens with two attached hydrogens (primary N) is 1. The normalized spacial score (nSPS) is 35.0.